The molecule has 0 aliphatic heterocycles. The minimum Gasteiger partial charge on any atom is -0.439 e. The molecule has 0 bridgehead atoms. The van der Waals surface area contributed by atoms with Gasteiger partial charge in [0.05, 0.1) is 11.3 Å². The van der Waals surface area contributed by atoms with Crippen molar-refractivity contribution in [3.05, 3.63) is 65.6 Å². The van der Waals surface area contributed by atoms with E-state index in [1.807, 2.05) is 6.07 Å². The van der Waals surface area contributed by atoms with Crippen LogP contribution in [-0.2, 0) is 11.8 Å². The molecule has 7 heteroatoms. The van der Waals surface area contributed by atoms with Crippen molar-refractivity contribution < 1.29 is 19.1 Å². The third-order valence-electron chi connectivity index (χ3n) is 3.82. The number of aromatic nitrogens is 3. The van der Waals surface area contributed by atoms with Crippen molar-refractivity contribution in [2.45, 2.75) is 13.8 Å². The summed E-state index contributed by atoms with van der Waals surface area (Å²) >= 11 is 0. The van der Waals surface area contributed by atoms with Crippen LogP contribution in [0.2, 0.25) is 0 Å². The van der Waals surface area contributed by atoms with Crippen LogP contribution < -0.4 is 9.47 Å². The molecule has 0 radical (unpaired) electrons. The average Bonchev–Trinajstić information content (AvgIpc) is 2.89. The van der Waals surface area contributed by atoms with Gasteiger partial charge in [-0.15, -0.1) is 0 Å². The average molecular weight is 351 g/mol. The molecule has 0 unspecified atom stereocenters. The van der Waals surface area contributed by atoms with Crippen LogP contribution in [0.4, 0.5) is 0 Å². The second-order valence-electron chi connectivity index (χ2n) is 5.63. The lowest BCUT2D eigenvalue weighted by Crippen LogP contribution is -2.21. The van der Waals surface area contributed by atoms with Gasteiger partial charge in [0.25, 0.3) is 5.78 Å². The van der Waals surface area contributed by atoms with Gasteiger partial charge in [0.15, 0.2) is 0 Å². The highest BCUT2D eigenvalue weighted by atomic mass is 16.5. The maximum Gasteiger partial charge on any atom is 0.385 e. The third-order valence-corrected chi connectivity index (χ3v) is 3.82. The number of aryl methyl sites for hydroxylation is 2. The van der Waals surface area contributed by atoms with E-state index in [0.717, 1.165) is 0 Å². The molecule has 0 spiro atoms. The van der Waals surface area contributed by atoms with E-state index in [1.165, 1.54) is 0 Å². The molecule has 1 aromatic carbocycles. The lowest BCUT2D eigenvalue weighted by atomic mass is 10.1. The van der Waals surface area contributed by atoms with E-state index >= 15 is 0 Å². The zero-order chi connectivity index (χ0) is 18.7. The van der Waals surface area contributed by atoms with Crippen molar-refractivity contribution in [3.63, 3.8) is 0 Å². The lowest BCUT2D eigenvalue weighted by molar-refractivity contribution is -0.129. The number of ether oxygens (including phenoxy) is 2. The number of ketones is 1. The molecule has 0 saturated heterocycles. The van der Waals surface area contributed by atoms with Crippen LogP contribution in [0.15, 0.2) is 48.7 Å². The molecule has 2 heterocycles. The predicted octanol–water partition coefficient (Wildman–Crippen LogP) is 3.01. The zero-order valence-corrected chi connectivity index (χ0v) is 14.6. The maximum atomic E-state index is 12.4. The van der Waals surface area contributed by atoms with Gasteiger partial charge < -0.3 is 9.47 Å². The third kappa shape index (κ3) is 3.61. The van der Waals surface area contributed by atoms with Gasteiger partial charge in [-0.05, 0) is 44.2 Å². The van der Waals surface area contributed by atoms with Gasteiger partial charge in [-0.1, -0.05) is 6.07 Å². The highest BCUT2D eigenvalue weighted by molar-refractivity contribution is 6.41. The summed E-state index contributed by atoms with van der Waals surface area (Å²) in [5, 5.41) is 4.14. The summed E-state index contributed by atoms with van der Waals surface area (Å²) in [4.78, 5) is 28.6. The summed E-state index contributed by atoms with van der Waals surface area (Å²) in [6, 6.07) is 11.7. The van der Waals surface area contributed by atoms with Crippen LogP contribution >= 0.6 is 0 Å². The van der Waals surface area contributed by atoms with Crippen molar-refractivity contribution >= 4 is 11.8 Å². The summed E-state index contributed by atoms with van der Waals surface area (Å²) in [6.45, 7) is 3.40. The van der Waals surface area contributed by atoms with Crippen molar-refractivity contribution in [1.82, 2.24) is 14.8 Å². The molecule has 0 atom stereocenters. The monoisotopic (exact) mass is 351 g/mol. The Balaban J connectivity index is 1.68. The Kier molecular flexibility index (Phi) is 4.79. The van der Waals surface area contributed by atoms with Gasteiger partial charge >= 0.3 is 5.97 Å². The van der Waals surface area contributed by atoms with Crippen LogP contribution in [0.1, 0.15) is 21.7 Å². The molecule has 0 aliphatic rings. The summed E-state index contributed by atoms with van der Waals surface area (Å²) < 4.78 is 12.3. The molecule has 0 N–H and O–H groups in total. The normalized spacial score (nSPS) is 10.4. The molecule has 0 aliphatic carbocycles. The number of carbonyl (C=O) groups is 2. The van der Waals surface area contributed by atoms with Crippen molar-refractivity contribution in [1.29, 1.82) is 0 Å². The van der Waals surface area contributed by atoms with Crippen LogP contribution in [0.3, 0.4) is 0 Å². The number of rotatable bonds is 5. The minimum atomic E-state index is -0.956. The topological polar surface area (TPSA) is 83.3 Å². The molecule has 3 aromatic rings. The molecular weight excluding hydrogens is 334 g/mol. The van der Waals surface area contributed by atoms with E-state index in [1.54, 1.807) is 68.2 Å². The quantitative estimate of drug-likeness (QED) is 0.304. The molecule has 132 valence electrons. The van der Waals surface area contributed by atoms with Crippen LogP contribution in [0.5, 0.6) is 17.4 Å². The Morgan fingerprint density at radius 1 is 1.00 bits per heavy atom. The summed E-state index contributed by atoms with van der Waals surface area (Å²) in [5.74, 6) is -0.441. The Hall–Kier alpha value is -3.48. The number of benzene rings is 1. The predicted molar refractivity (Wildman–Crippen MR) is 93.4 cm³/mol. The molecule has 0 saturated carbocycles. The molecule has 3 rings (SSSR count). The summed E-state index contributed by atoms with van der Waals surface area (Å²) in [6.07, 6.45) is 1.62. The fraction of sp³-hybridized carbons (Fsp3) is 0.158. The van der Waals surface area contributed by atoms with Gasteiger partial charge in [-0.3, -0.25) is 9.48 Å². The minimum absolute atomic E-state index is 0.246. The number of esters is 1. The fourth-order valence-electron chi connectivity index (χ4n) is 2.46. The largest absolute Gasteiger partial charge is 0.439 e. The first kappa shape index (κ1) is 17.3. The van der Waals surface area contributed by atoms with E-state index in [9.17, 15) is 9.59 Å². The first-order chi connectivity index (χ1) is 12.5. The number of pyridine rings is 1. The second-order valence-corrected chi connectivity index (χ2v) is 5.63. The Labute approximate surface area is 150 Å². The summed E-state index contributed by atoms with van der Waals surface area (Å²) in [5.41, 5.74) is 1.38. The molecule has 0 fully saturated rings. The highest BCUT2D eigenvalue weighted by Gasteiger charge is 2.25. The van der Waals surface area contributed by atoms with E-state index in [4.69, 9.17) is 9.47 Å². The Bertz CT molecular complexity index is 947. The van der Waals surface area contributed by atoms with Gasteiger partial charge in [-0.2, -0.15) is 5.10 Å². The first-order valence-electron chi connectivity index (χ1n) is 7.91. The van der Waals surface area contributed by atoms with Crippen molar-refractivity contribution in [3.8, 4) is 17.4 Å². The fourth-order valence-corrected chi connectivity index (χ4v) is 2.46. The van der Waals surface area contributed by atoms with E-state index in [0.29, 0.717) is 23.0 Å². The van der Waals surface area contributed by atoms with E-state index in [2.05, 4.69) is 10.1 Å². The van der Waals surface area contributed by atoms with E-state index in [-0.39, 0.29) is 11.3 Å². The zero-order valence-electron chi connectivity index (χ0n) is 14.6. The molecule has 26 heavy (non-hydrogen) atoms. The summed E-state index contributed by atoms with van der Waals surface area (Å²) in [7, 11) is 1.71. The number of hydrogen-bond acceptors (Lipinski definition) is 6. The number of hydrogen-bond donors (Lipinski definition) is 0. The first-order valence-corrected chi connectivity index (χ1v) is 7.91. The Morgan fingerprint density at radius 2 is 1.69 bits per heavy atom. The second kappa shape index (κ2) is 7.18. The highest BCUT2D eigenvalue weighted by Crippen LogP contribution is 2.23. The standard InChI is InChI=1S/C19H17N3O4/c1-12-17(13(2)22(3)21-12)18(23)19(24)26-15-9-7-14(8-10-15)25-16-6-4-5-11-20-16/h4-11H,1-3H3. The van der Waals surface area contributed by atoms with Gasteiger partial charge in [-0.25, -0.2) is 9.78 Å². The lowest BCUT2D eigenvalue weighted by Gasteiger charge is -2.06. The van der Waals surface area contributed by atoms with Crippen LogP contribution in [0, 0.1) is 13.8 Å². The molecular formula is C19H17N3O4. The molecule has 0 amide bonds. The van der Waals surface area contributed by atoms with Gasteiger partial charge in [0, 0.05) is 25.0 Å². The van der Waals surface area contributed by atoms with Crippen molar-refractivity contribution in [2.75, 3.05) is 0 Å². The van der Waals surface area contributed by atoms with Gasteiger partial charge in [0.1, 0.15) is 11.5 Å². The van der Waals surface area contributed by atoms with Crippen LogP contribution in [0.25, 0.3) is 0 Å². The molecule has 7 nitrogen and oxygen atoms in total. The van der Waals surface area contributed by atoms with E-state index < -0.39 is 11.8 Å². The number of carbonyl (C=O) groups excluding carboxylic acids is 2. The van der Waals surface area contributed by atoms with Gasteiger partial charge in [0.2, 0.25) is 5.88 Å². The number of Topliss-reactive ketones (excluding diaryl/α,β-unsaturated/α-hetero) is 1. The SMILES string of the molecule is Cc1nn(C)c(C)c1C(=O)C(=O)Oc1ccc(Oc2ccccn2)cc1. The molecule has 2 aromatic heterocycles. The van der Waals surface area contributed by atoms with Crippen LogP contribution in [-0.4, -0.2) is 26.5 Å². The number of nitrogens with zero attached hydrogens (tertiary/aromatic N) is 3. The smallest absolute Gasteiger partial charge is 0.385 e. The maximum absolute atomic E-state index is 12.4. The Morgan fingerprint density at radius 3 is 2.27 bits per heavy atom. The van der Waals surface area contributed by atoms with Crippen molar-refractivity contribution in [2.24, 2.45) is 7.05 Å².